The topological polar surface area (TPSA) is 9.23 Å². The smallest absolute Gasteiger partial charge is 0.137 e. The standard InChI is InChI=1S/C15H13BrClFO/c1-19-12-4-2-3-10(7-12)8-14(17)11-5-6-15(18)13(16)9-11/h2-7,9,14H,8H2,1H3. The summed E-state index contributed by atoms with van der Waals surface area (Å²) in [6.45, 7) is 0. The predicted octanol–water partition coefficient (Wildman–Crippen LogP) is 5.12. The van der Waals surface area contributed by atoms with Crippen molar-refractivity contribution in [2.75, 3.05) is 7.11 Å². The summed E-state index contributed by atoms with van der Waals surface area (Å²) in [5.74, 6) is 0.524. The molecule has 1 atom stereocenters. The second-order valence-corrected chi connectivity index (χ2v) is 5.58. The zero-order valence-electron chi connectivity index (χ0n) is 10.4. The van der Waals surface area contributed by atoms with E-state index in [0.717, 1.165) is 16.9 Å². The van der Waals surface area contributed by atoms with Gasteiger partial charge in [-0.25, -0.2) is 4.39 Å². The van der Waals surface area contributed by atoms with Gasteiger partial charge in [-0.05, 0) is 57.7 Å². The van der Waals surface area contributed by atoms with Gasteiger partial charge >= 0.3 is 0 Å². The monoisotopic (exact) mass is 342 g/mol. The molecule has 0 aromatic heterocycles. The Labute approximate surface area is 125 Å². The Kier molecular flexibility index (Phi) is 4.83. The Balaban J connectivity index is 2.15. The molecule has 4 heteroatoms. The van der Waals surface area contributed by atoms with Crippen molar-refractivity contribution in [3.05, 3.63) is 63.9 Å². The fourth-order valence-electron chi connectivity index (χ4n) is 1.83. The van der Waals surface area contributed by atoms with E-state index < -0.39 is 0 Å². The van der Waals surface area contributed by atoms with E-state index in [4.69, 9.17) is 16.3 Å². The van der Waals surface area contributed by atoms with Crippen molar-refractivity contribution in [1.82, 2.24) is 0 Å². The molecular formula is C15H13BrClFO. The summed E-state index contributed by atoms with van der Waals surface area (Å²) in [4.78, 5) is 0. The third-order valence-corrected chi connectivity index (χ3v) is 3.87. The number of benzene rings is 2. The van der Waals surface area contributed by atoms with E-state index in [-0.39, 0.29) is 11.2 Å². The van der Waals surface area contributed by atoms with Crippen LogP contribution >= 0.6 is 27.5 Å². The number of ether oxygens (including phenoxy) is 1. The molecule has 0 aliphatic carbocycles. The summed E-state index contributed by atoms with van der Waals surface area (Å²) in [6, 6.07) is 12.6. The molecule has 2 aromatic rings. The van der Waals surface area contributed by atoms with E-state index in [1.54, 1.807) is 19.2 Å². The molecule has 0 bridgehead atoms. The predicted molar refractivity (Wildman–Crippen MR) is 79.4 cm³/mol. The first kappa shape index (κ1) is 14.4. The quantitative estimate of drug-likeness (QED) is 0.700. The molecule has 0 fully saturated rings. The summed E-state index contributed by atoms with van der Waals surface area (Å²) in [7, 11) is 1.63. The third-order valence-electron chi connectivity index (χ3n) is 2.85. The van der Waals surface area contributed by atoms with Gasteiger partial charge in [0.25, 0.3) is 0 Å². The van der Waals surface area contributed by atoms with E-state index in [0.29, 0.717) is 10.9 Å². The lowest BCUT2D eigenvalue weighted by atomic mass is 10.0. The molecular weight excluding hydrogens is 331 g/mol. The van der Waals surface area contributed by atoms with Gasteiger partial charge in [0, 0.05) is 0 Å². The first-order chi connectivity index (χ1) is 9.10. The van der Waals surface area contributed by atoms with Crippen LogP contribution in [-0.4, -0.2) is 7.11 Å². The first-order valence-corrected chi connectivity index (χ1v) is 7.05. The van der Waals surface area contributed by atoms with Crippen LogP contribution in [0.4, 0.5) is 4.39 Å². The van der Waals surface area contributed by atoms with Gasteiger partial charge < -0.3 is 4.74 Å². The van der Waals surface area contributed by atoms with Crippen LogP contribution in [0.3, 0.4) is 0 Å². The fourth-order valence-corrected chi connectivity index (χ4v) is 2.54. The van der Waals surface area contributed by atoms with Crippen molar-refractivity contribution < 1.29 is 9.13 Å². The molecule has 1 nitrogen and oxygen atoms in total. The van der Waals surface area contributed by atoms with Gasteiger partial charge in [0.05, 0.1) is 17.0 Å². The van der Waals surface area contributed by atoms with Crippen LogP contribution in [0.25, 0.3) is 0 Å². The first-order valence-electron chi connectivity index (χ1n) is 5.82. The molecule has 1 unspecified atom stereocenters. The third kappa shape index (κ3) is 3.71. The summed E-state index contributed by atoms with van der Waals surface area (Å²) >= 11 is 9.55. The molecule has 0 N–H and O–H groups in total. The molecule has 0 heterocycles. The molecule has 0 radical (unpaired) electrons. The van der Waals surface area contributed by atoms with E-state index in [1.807, 2.05) is 24.3 Å². The average molecular weight is 344 g/mol. The van der Waals surface area contributed by atoms with Crippen molar-refractivity contribution in [2.24, 2.45) is 0 Å². The summed E-state index contributed by atoms with van der Waals surface area (Å²) in [6.07, 6.45) is 0.664. The lowest BCUT2D eigenvalue weighted by Gasteiger charge is -2.11. The van der Waals surface area contributed by atoms with Gasteiger partial charge in [-0.2, -0.15) is 0 Å². The van der Waals surface area contributed by atoms with Gasteiger partial charge in [0.1, 0.15) is 11.6 Å². The molecule has 100 valence electrons. The van der Waals surface area contributed by atoms with Crippen molar-refractivity contribution >= 4 is 27.5 Å². The zero-order valence-corrected chi connectivity index (χ0v) is 12.7. The maximum absolute atomic E-state index is 13.2. The molecule has 0 spiro atoms. The molecule has 2 aromatic carbocycles. The zero-order chi connectivity index (χ0) is 13.8. The van der Waals surface area contributed by atoms with Crippen LogP contribution in [0.1, 0.15) is 16.5 Å². The van der Waals surface area contributed by atoms with Crippen LogP contribution < -0.4 is 4.74 Å². The van der Waals surface area contributed by atoms with Gasteiger partial charge in [-0.1, -0.05) is 18.2 Å². The Morgan fingerprint density at radius 1 is 1.26 bits per heavy atom. The summed E-state index contributed by atoms with van der Waals surface area (Å²) in [5.41, 5.74) is 1.97. The molecule has 0 saturated carbocycles. The van der Waals surface area contributed by atoms with Crippen LogP contribution in [-0.2, 0) is 6.42 Å². The number of alkyl halides is 1. The van der Waals surface area contributed by atoms with Crippen molar-refractivity contribution in [1.29, 1.82) is 0 Å². The number of hydrogen-bond acceptors (Lipinski definition) is 1. The molecule has 19 heavy (non-hydrogen) atoms. The minimum atomic E-state index is -0.283. The number of halogens is 3. The Morgan fingerprint density at radius 2 is 2.05 bits per heavy atom. The van der Waals surface area contributed by atoms with Gasteiger partial charge in [0.15, 0.2) is 0 Å². The Bertz CT molecular complexity index is 574. The van der Waals surface area contributed by atoms with Crippen molar-refractivity contribution in [3.63, 3.8) is 0 Å². The van der Waals surface area contributed by atoms with Crippen molar-refractivity contribution in [2.45, 2.75) is 11.8 Å². The molecule has 0 amide bonds. The number of rotatable bonds is 4. The van der Waals surface area contributed by atoms with E-state index in [1.165, 1.54) is 6.07 Å². The highest BCUT2D eigenvalue weighted by Crippen LogP contribution is 2.29. The largest absolute Gasteiger partial charge is 0.497 e. The summed E-state index contributed by atoms with van der Waals surface area (Å²) < 4.78 is 18.8. The number of hydrogen-bond donors (Lipinski definition) is 0. The van der Waals surface area contributed by atoms with E-state index in [9.17, 15) is 4.39 Å². The fraction of sp³-hybridized carbons (Fsp3) is 0.200. The van der Waals surface area contributed by atoms with E-state index in [2.05, 4.69) is 15.9 Å². The Hall–Kier alpha value is -1.06. The maximum Gasteiger partial charge on any atom is 0.137 e. The summed E-state index contributed by atoms with van der Waals surface area (Å²) in [5, 5.41) is -0.205. The highest BCUT2D eigenvalue weighted by atomic mass is 79.9. The minimum Gasteiger partial charge on any atom is -0.497 e. The van der Waals surface area contributed by atoms with E-state index >= 15 is 0 Å². The molecule has 0 aliphatic rings. The van der Waals surface area contributed by atoms with Crippen LogP contribution in [0.5, 0.6) is 5.75 Å². The normalized spacial score (nSPS) is 12.2. The molecule has 0 saturated heterocycles. The van der Waals surface area contributed by atoms with Gasteiger partial charge in [-0.3, -0.25) is 0 Å². The maximum atomic E-state index is 13.2. The van der Waals surface area contributed by atoms with Crippen LogP contribution in [0, 0.1) is 5.82 Å². The highest BCUT2D eigenvalue weighted by molar-refractivity contribution is 9.10. The van der Waals surface area contributed by atoms with Gasteiger partial charge in [0.2, 0.25) is 0 Å². The van der Waals surface area contributed by atoms with Crippen molar-refractivity contribution in [3.8, 4) is 5.75 Å². The average Bonchev–Trinajstić information content (AvgIpc) is 2.42. The highest BCUT2D eigenvalue weighted by Gasteiger charge is 2.11. The van der Waals surface area contributed by atoms with Crippen LogP contribution in [0.15, 0.2) is 46.9 Å². The molecule has 0 aliphatic heterocycles. The SMILES string of the molecule is COc1cccc(CC(Cl)c2ccc(F)c(Br)c2)c1. The number of methoxy groups -OCH3 is 1. The van der Waals surface area contributed by atoms with Gasteiger partial charge in [-0.15, -0.1) is 11.6 Å². The lowest BCUT2D eigenvalue weighted by molar-refractivity contribution is 0.414. The lowest BCUT2D eigenvalue weighted by Crippen LogP contribution is -1.97. The second-order valence-electron chi connectivity index (χ2n) is 4.20. The minimum absolute atomic E-state index is 0.205. The molecule has 2 rings (SSSR count). The Morgan fingerprint density at radius 3 is 2.74 bits per heavy atom. The van der Waals surface area contributed by atoms with Crippen LogP contribution in [0.2, 0.25) is 0 Å². The second kappa shape index (κ2) is 6.40.